The molecule has 1 aromatic heterocycles. The Bertz CT molecular complexity index is 982. The topological polar surface area (TPSA) is 76.4 Å². The van der Waals surface area contributed by atoms with Crippen LogP contribution in [0.25, 0.3) is 5.69 Å². The zero-order chi connectivity index (χ0) is 21.0. The zero-order valence-electron chi connectivity index (χ0n) is 16.6. The van der Waals surface area contributed by atoms with Crippen LogP contribution in [0.4, 0.5) is 0 Å². The van der Waals surface area contributed by atoms with E-state index in [1.54, 1.807) is 6.92 Å². The molecule has 1 amide bonds. The number of rotatable bonds is 7. The zero-order valence-corrected chi connectivity index (χ0v) is 17.4. The summed E-state index contributed by atoms with van der Waals surface area (Å²) in [7, 11) is 0. The van der Waals surface area contributed by atoms with Gasteiger partial charge < -0.3 is 15.2 Å². The smallest absolute Gasteiger partial charge is 0.256 e. The number of aliphatic hydroxyl groups excluding tert-OH is 1. The molecule has 0 aliphatic heterocycles. The number of ether oxygens (including phenoxy) is 1. The molecule has 3 rings (SSSR count). The van der Waals surface area contributed by atoms with Gasteiger partial charge in [0.25, 0.3) is 5.91 Å². The van der Waals surface area contributed by atoms with Gasteiger partial charge in [0.1, 0.15) is 23.6 Å². The van der Waals surface area contributed by atoms with E-state index in [2.05, 4.69) is 10.4 Å². The van der Waals surface area contributed by atoms with E-state index in [1.807, 2.05) is 62.4 Å². The van der Waals surface area contributed by atoms with E-state index >= 15 is 0 Å². The molecule has 0 aliphatic carbocycles. The summed E-state index contributed by atoms with van der Waals surface area (Å²) in [6.07, 6.45) is -0.860. The molecule has 0 fully saturated rings. The molecular weight excluding hydrogens is 390 g/mol. The summed E-state index contributed by atoms with van der Waals surface area (Å²) in [5, 5.41) is 17.5. The Morgan fingerprint density at radius 3 is 2.45 bits per heavy atom. The Morgan fingerprint density at radius 2 is 1.79 bits per heavy atom. The average Bonchev–Trinajstić information content (AvgIpc) is 3.00. The molecule has 0 radical (unpaired) electrons. The average molecular weight is 414 g/mol. The van der Waals surface area contributed by atoms with Crippen LogP contribution < -0.4 is 10.1 Å². The Hall–Kier alpha value is -2.83. The molecule has 3 aromatic rings. The Kier molecular flexibility index (Phi) is 6.56. The van der Waals surface area contributed by atoms with Gasteiger partial charge in [0, 0.05) is 6.54 Å². The number of amides is 1. The lowest BCUT2D eigenvalue weighted by atomic mass is 10.1. The fourth-order valence-corrected chi connectivity index (χ4v) is 3.42. The first-order valence-corrected chi connectivity index (χ1v) is 9.72. The fourth-order valence-electron chi connectivity index (χ4n) is 3.06. The minimum atomic E-state index is -0.860. The minimum Gasteiger partial charge on any atom is -0.490 e. The summed E-state index contributed by atoms with van der Waals surface area (Å²) >= 11 is 6.40. The van der Waals surface area contributed by atoms with E-state index in [1.165, 1.54) is 4.68 Å². The molecule has 0 aliphatic rings. The second kappa shape index (κ2) is 9.11. The first-order valence-electron chi connectivity index (χ1n) is 9.34. The first-order chi connectivity index (χ1) is 13.9. The van der Waals surface area contributed by atoms with E-state index < -0.39 is 6.10 Å². The third-order valence-corrected chi connectivity index (χ3v) is 4.91. The molecule has 1 heterocycles. The van der Waals surface area contributed by atoms with Crippen LogP contribution in [0, 0.1) is 20.8 Å². The summed E-state index contributed by atoms with van der Waals surface area (Å²) in [6.45, 7) is 5.73. The van der Waals surface area contributed by atoms with Crippen LogP contribution >= 0.6 is 11.6 Å². The maximum absolute atomic E-state index is 12.6. The van der Waals surface area contributed by atoms with E-state index in [-0.39, 0.29) is 24.2 Å². The molecule has 6 nitrogen and oxygen atoms in total. The van der Waals surface area contributed by atoms with Crippen LogP contribution in [0.3, 0.4) is 0 Å². The van der Waals surface area contributed by atoms with Crippen molar-refractivity contribution in [2.75, 3.05) is 13.2 Å². The lowest BCUT2D eigenvalue weighted by molar-refractivity contribution is 0.0841. The van der Waals surface area contributed by atoms with Crippen molar-refractivity contribution in [2.45, 2.75) is 26.9 Å². The van der Waals surface area contributed by atoms with Gasteiger partial charge in [0.2, 0.25) is 0 Å². The van der Waals surface area contributed by atoms with Gasteiger partial charge in [-0.1, -0.05) is 48.0 Å². The molecule has 0 bridgehead atoms. The number of aromatic nitrogens is 2. The van der Waals surface area contributed by atoms with Crippen molar-refractivity contribution in [3.63, 3.8) is 0 Å². The number of para-hydroxylation sites is 2. The number of carbonyl (C=O) groups excluding carboxylic acids is 1. The largest absolute Gasteiger partial charge is 0.490 e. The van der Waals surface area contributed by atoms with Crippen LogP contribution in [0.5, 0.6) is 5.75 Å². The van der Waals surface area contributed by atoms with Crippen molar-refractivity contribution in [2.24, 2.45) is 0 Å². The molecule has 1 atom stereocenters. The Morgan fingerprint density at radius 1 is 1.14 bits per heavy atom. The van der Waals surface area contributed by atoms with Gasteiger partial charge in [0.05, 0.1) is 16.9 Å². The normalized spacial score (nSPS) is 11.9. The van der Waals surface area contributed by atoms with E-state index in [0.717, 1.165) is 22.6 Å². The van der Waals surface area contributed by atoms with Crippen molar-refractivity contribution >= 4 is 17.5 Å². The minimum absolute atomic E-state index is 0.0377. The van der Waals surface area contributed by atoms with E-state index in [9.17, 15) is 9.90 Å². The number of nitrogens with one attached hydrogen (secondary N) is 1. The maximum atomic E-state index is 12.6. The van der Waals surface area contributed by atoms with Crippen molar-refractivity contribution in [3.8, 4) is 11.4 Å². The molecule has 7 heteroatoms. The van der Waals surface area contributed by atoms with Gasteiger partial charge in [-0.15, -0.1) is 0 Å². The highest BCUT2D eigenvalue weighted by molar-refractivity contribution is 6.33. The second-order valence-corrected chi connectivity index (χ2v) is 7.25. The van der Waals surface area contributed by atoms with Gasteiger partial charge in [0.15, 0.2) is 0 Å². The standard InChI is InChI=1S/C22H24ClN3O3/c1-14-8-7-9-15(2)20(14)29-13-18(27)12-24-22(28)19-16(3)25-26(21(19)23)17-10-5-4-6-11-17/h4-11,18,27H,12-13H2,1-3H3,(H,24,28). The summed E-state index contributed by atoms with van der Waals surface area (Å²) in [6, 6.07) is 15.2. The molecule has 2 aromatic carbocycles. The number of aliphatic hydroxyl groups is 1. The highest BCUT2D eigenvalue weighted by atomic mass is 35.5. The molecule has 0 spiro atoms. The van der Waals surface area contributed by atoms with Crippen molar-refractivity contribution in [1.82, 2.24) is 15.1 Å². The van der Waals surface area contributed by atoms with Crippen LogP contribution in [0.2, 0.25) is 5.15 Å². The molecular formula is C22H24ClN3O3. The first kappa shape index (κ1) is 20.9. The third kappa shape index (κ3) is 4.78. The fraction of sp³-hybridized carbons (Fsp3) is 0.273. The quantitative estimate of drug-likeness (QED) is 0.620. The van der Waals surface area contributed by atoms with Crippen LogP contribution in [0.15, 0.2) is 48.5 Å². The number of halogens is 1. The van der Waals surface area contributed by atoms with Gasteiger partial charge in [-0.25, -0.2) is 4.68 Å². The van der Waals surface area contributed by atoms with Crippen molar-refractivity contribution < 1.29 is 14.6 Å². The van der Waals surface area contributed by atoms with Crippen LogP contribution in [0.1, 0.15) is 27.2 Å². The molecule has 0 saturated carbocycles. The highest BCUT2D eigenvalue weighted by Gasteiger charge is 2.21. The van der Waals surface area contributed by atoms with Crippen molar-refractivity contribution in [1.29, 1.82) is 0 Å². The predicted octanol–water partition coefficient (Wildman–Crippen LogP) is 3.62. The predicted molar refractivity (Wildman–Crippen MR) is 113 cm³/mol. The Balaban J connectivity index is 1.62. The summed E-state index contributed by atoms with van der Waals surface area (Å²) in [5.74, 6) is 0.363. The van der Waals surface area contributed by atoms with Crippen molar-refractivity contribution in [3.05, 3.63) is 76.1 Å². The third-order valence-electron chi connectivity index (χ3n) is 4.56. The van der Waals surface area contributed by atoms with E-state index in [4.69, 9.17) is 16.3 Å². The lowest BCUT2D eigenvalue weighted by Crippen LogP contribution is -2.35. The molecule has 2 N–H and O–H groups in total. The Labute approximate surface area is 175 Å². The van der Waals surface area contributed by atoms with Gasteiger partial charge >= 0.3 is 0 Å². The van der Waals surface area contributed by atoms with Crippen LogP contribution in [-0.2, 0) is 0 Å². The summed E-state index contributed by atoms with van der Waals surface area (Å²) in [5.41, 5.74) is 3.56. The number of hydrogen-bond donors (Lipinski definition) is 2. The lowest BCUT2D eigenvalue weighted by Gasteiger charge is -2.16. The highest BCUT2D eigenvalue weighted by Crippen LogP contribution is 2.24. The summed E-state index contributed by atoms with van der Waals surface area (Å²) in [4.78, 5) is 12.6. The number of hydrogen-bond acceptors (Lipinski definition) is 4. The SMILES string of the molecule is Cc1cccc(C)c1OCC(O)CNC(=O)c1c(C)nn(-c2ccccc2)c1Cl. The number of nitrogens with zero attached hydrogens (tertiary/aromatic N) is 2. The van der Waals surface area contributed by atoms with Gasteiger partial charge in [-0.05, 0) is 44.0 Å². The monoisotopic (exact) mass is 413 g/mol. The maximum Gasteiger partial charge on any atom is 0.256 e. The number of carbonyl (C=O) groups is 1. The second-order valence-electron chi connectivity index (χ2n) is 6.89. The van der Waals surface area contributed by atoms with Crippen LogP contribution in [-0.4, -0.2) is 40.0 Å². The van der Waals surface area contributed by atoms with Gasteiger partial charge in [-0.3, -0.25) is 4.79 Å². The molecule has 29 heavy (non-hydrogen) atoms. The molecule has 0 saturated heterocycles. The van der Waals surface area contributed by atoms with E-state index in [0.29, 0.717) is 11.3 Å². The molecule has 152 valence electrons. The number of aryl methyl sites for hydroxylation is 3. The van der Waals surface area contributed by atoms with Gasteiger partial charge in [-0.2, -0.15) is 5.10 Å². The molecule has 1 unspecified atom stereocenters. The number of benzene rings is 2. The summed E-state index contributed by atoms with van der Waals surface area (Å²) < 4.78 is 7.25.